The molecule has 0 saturated heterocycles. The van der Waals surface area contributed by atoms with Crippen LogP contribution in [-0.4, -0.2) is 29.3 Å². The Bertz CT molecular complexity index is 859. The van der Waals surface area contributed by atoms with E-state index in [1.165, 1.54) is 0 Å². The van der Waals surface area contributed by atoms with E-state index in [0.29, 0.717) is 18.4 Å². The molecule has 0 amide bonds. The maximum absolute atomic E-state index is 11.5. The zero-order valence-electron chi connectivity index (χ0n) is 19.1. The number of hydrogen-bond acceptors (Lipinski definition) is 5. The number of aromatic nitrogens is 1. The largest absolute Gasteiger partial charge is 0.497 e. The maximum Gasteiger partial charge on any atom is 0.306 e. The van der Waals surface area contributed by atoms with Crippen LogP contribution in [0.2, 0.25) is 0 Å². The lowest BCUT2D eigenvalue weighted by Crippen LogP contribution is -2.25. The first-order chi connectivity index (χ1) is 14.9. The second-order valence-electron chi connectivity index (χ2n) is 8.99. The summed E-state index contributed by atoms with van der Waals surface area (Å²) in [5.41, 5.74) is 1.70. The lowest BCUT2D eigenvalue weighted by Gasteiger charge is -2.30. The second kappa shape index (κ2) is 10.8. The van der Waals surface area contributed by atoms with Crippen molar-refractivity contribution in [2.24, 2.45) is 17.8 Å². The zero-order valence-corrected chi connectivity index (χ0v) is 19.1. The van der Waals surface area contributed by atoms with Crippen molar-refractivity contribution in [1.82, 2.24) is 4.98 Å². The fraction of sp³-hybridized carbons (Fsp3) is 0.600. The Morgan fingerprint density at radius 2 is 2.13 bits per heavy atom. The Morgan fingerprint density at radius 3 is 2.84 bits per heavy atom. The van der Waals surface area contributed by atoms with Crippen LogP contribution in [0.4, 0.5) is 0 Å². The first-order valence-electron chi connectivity index (χ1n) is 11.3. The van der Waals surface area contributed by atoms with Crippen LogP contribution >= 0.6 is 0 Å². The molecule has 1 aromatic heterocycles. The van der Waals surface area contributed by atoms with Gasteiger partial charge in [0.1, 0.15) is 17.2 Å². The molecule has 1 aliphatic rings. The van der Waals surface area contributed by atoms with E-state index in [4.69, 9.17) is 13.9 Å². The van der Waals surface area contributed by atoms with Gasteiger partial charge >= 0.3 is 5.97 Å². The van der Waals surface area contributed by atoms with Crippen molar-refractivity contribution in [3.05, 3.63) is 35.7 Å². The van der Waals surface area contributed by atoms with Crippen LogP contribution < -0.4 is 4.74 Å². The molecule has 2 aromatic rings. The molecule has 1 fully saturated rings. The summed E-state index contributed by atoms with van der Waals surface area (Å²) in [4.78, 5) is 16.1. The van der Waals surface area contributed by atoms with Gasteiger partial charge in [-0.3, -0.25) is 4.79 Å². The third-order valence-corrected chi connectivity index (χ3v) is 6.41. The van der Waals surface area contributed by atoms with E-state index < -0.39 is 5.97 Å². The summed E-state index contributed by atoms with van der Waals surface area (Å²) in [6.07, 6.45) is 6.22. The number of carboxylic acid groups (broad SMARTS) is 1. The number of carboxylic acids is 1. The molecule has 0 bridgehead atoms. The van der Waals surface area contributed by atoms with Crippen LogP contribution in [0.5, 0.6) is 5.75 Å². The SMILES string of the molecule is COc1cccc(-c2nc(CO[C@@H]3CCC[C@H](CCC(C(=O)O)C(C)C)C3)c(C)o2)c1. The maximum atomic E-state index is 11.5. The predicted molar refractivity (Wildman–Crippen MR) is 119 cm³/mol. The number of aryl methyl sites for hydroxylation is 1. The molecule has 170 valence electrons. The highest BCUT2D eigenvalue weighted by atomic mass is 16.5. The summed E-state index contributed by atoms with van der Waals surface area (Å²) in [6.45, 7) is 6.33. The van der Waals surface area contributed by atoms with Gasteiger partial charge in [-0.05, 0) is 62.6 Å². The van der Waals surface area contributed by atoms with E-state index in [1.807, 2.05) is 45.0 Å². The van der Waals surface area contributed by atoms with Crippen molar-refractivity contribution >= 4 is 5.97 Å². The van der Waals surface area contributed by atoms with Gasteiger partial charge in [0.25, 0.3) is 0 Å². The number of carbonyl (C=O) groups is 1. The molecule has 6 nitrogen and oxygen atoms in total. The van der Waals surface area contributed by atoms with Gasteiger partial charge < -0.3 is 19.0 Å². The van der Waals surface area contributed by atoms with Crippen LogP contribution in [0.1, 0.15) is 63.8 Å². The average Bonchev–Trinajstić information content (AvgIpc) is 3.13. The highest BCUT2D eigenvalue weighted by Gasteiger charge is 2.27. The Morgan fingerprint density at radius 1 is 1.32 bits per heavy atom. The Labute approximate surface area is 185 Å². The van der Waals surface area contributed by atoms with Gasteiger partial charge in [-0.25, -0.2) is 4.98 Å². The van der Waals surface area contributed by atoms with E-state index in [0.717, 1.165) is 61.3 Å². The molecule has 3 atom stereocenters. The highest BCUT2D eigenvalue weighted by Crippen LogP contribution is 2.33. The van der Waals surface area contributed by atoms with E-state index in [1.54, 1.807) is 7.11 Å². The number of oxazole rings is 1. The minimum Gasteiger partial charge on any atom is -0.497 e. The summed E-state index contributed by atoms with van der Waals surface area (Å²) >= 11 is 0. The van der Waals surface area contributed by atoms with Crippen molar-refractivity contribution in [2.45, 2.75) is 72.0 Å². The molecular formula is C25H35NO5. The number of nitrogens with zero attached hydrogens (tertiary/aromatic N) is 1. The van der Waals surface area contributed by atoms with Gasteiger partial charge in [-0.1, -0.05) is 32.8 Å². The summed E-state index contributed by atoms with van der Waals surface area (Å²) in [5.74, 6) is 1.88. The third kappa shape index (κ3) is 6.33. The number of benzene rings is 1. The van der Waals surface area contributed by atoms with E-state index in [9.17, 15) is 9.90 Å². The van der Waals surface area contributed by atoms with Crippen molar-refractivity contribution in [3.63, 3.8) is 0 Å². The van der Waals surface area contributed by atoms with E-state index in [2.05, 4.69) is 4.98 Å². The van der Waals surface area contributed by atoms with Crippen molar-refractivity contribution in [1.29, 1.82) is 0 Å². The fourth-order valence-corrected chi connectivity index (χ4v) is 4.45. The third-order valence-electron chi connectivity index (χ3n) is 6.41. The number of hydrogen-bond donors (Lipinski definition) is 1. The van der Waals surface area contributed by atoms with Gasteiger partial charge in [0.15, 0.2) is 0 Å². The van der Waals surface area contributed by atoms with Crippen LogP contribution in [-0.2, 0) is 16.1 Å². The van der Waals surface area contributed by atoms with Gasteiger partial charge in [0.05, 0.1) is 25.7 Å². The molecule has 1 N–H and O–H groups in total. The van der Waals surface area contributed by atoms with Gasteiger partial charge in [-0.2, -0.15) is 0 Å². The fourth-order valence-electron chi connectivity index (χ4n) is 4.45. The van der Waals surface area contributed by atoms with E-state index in [-0.39, 0.29) is 17.9 Å². The van der Waals surface area contributed by atoms with Crippen LogP contribution in [0, 0.1) is 24.7 Å². The van der Waals surface area contributed by atoms with Crippen LogP contribution in [0.25, 0.3) is 11.5 Å². The zero-order chi connectivity index (χ0) is 22.4. The molecule has 0 aliphatic heterocycles. The van der Waals surface area contributed by atoms with Gasteiger partial charge in [0, 0.05) is 5.56 Å². The lowest BCUT2D eigenvalue weighted by atomic mass is 9.81. The average molecular weight is 430 g/mol. The normalized spacial score (nSPS) is 20.0. The van der Waals surface area contributed by atoms with Crippen LogP contribution in [0.15, 0.2) is 28.7 Å². The first kappa shape index (κ1) is 23.3. The number of ether oxygens (including phenoxy) is 2. The molecule has 0 radical (unpaired) electrons. The molecule has 3 rings (SSSR count). The summed E-state index contributed by atoms with van der Waals surface area (Å²) < 4.78 is 17.4. The molecular weight excluding hydrogens is 394 g/mol. The topological polar surface area (TPSA) is 81.8 Å². The number of rotatable bonds is 10. The Balaban J connectivity index is 1.54. The molecule has 1 unspecified atom stereocenters. The molecule has 1 aliphatic carbocycles. The molecule has 0 spiro atoms. The van der Waals surface area contributed by atoms with Crippen molar-refractivity contribution < 1.29 is 23.8 Å². The van der Waals surface area contributed by atoms with Gasteiger partial charge in [-0.15, -0.1) is 0 Å². The molecule has 6 heteroatoms. The van der Waals surface area contributed by atoms with Gasteiger partial charge in [0.2, 0.25) is 5.89 Å². The lowest BCUT2D eigenvalue weighted by molar-refractivity contribution is -0.143. The Kier molecular flexibility index (Phi) is 8.13. The standard InChI is InChI=1S/C25H35NO5/c1-16(2)22(25(27)28)12-11-18-7-5-10-21(13-18)30-15-23-17(3)31-24(26-23)19-8-6-9-20(14-19)29-4/h6,8-9,14,16,18,21-22H,5,7,10-13,15H2,1-4H3,(H,27,28)/t18-,21-,22?/m1/s1. The quantitative estimate of drug-likeness (QED) is 0.508. The highest BCUT2D eigenvalue weighted by molar-refractivity contribution is 5.70. The van der Waals surface area contributed by atoms with Crippen LogP contribution in [0.3, 0.4) is 0 Å². The first-order valence-corrected chi connectivity index (χ1v) is 11.3. The summed E-state index contributed by atoms with van der Waals surface area (Å²) in [7, 11) is 1.64. The second-order valence-corrected chi connectivity index (χ2v) is 8.99. The molecule has 31 heavy (non-hydrogen) atoms. The van der Waals surface area contributed by atoms with E-state index >= 15 is 0 Å². The Hall–Kier alpha value is -2.34. The summed E-state index contributed by atoms with van der Waals surface area (Å²) in [6, 6.07) is 7.66. The molecule has 1 heterocycles. The number of aliphatic carboxylic acids is 1. The predicted octanol–water partition coefficient (Wildman–Crippen LogP) is 5.87. The summed E-state index contributed by atoms with van der Waals surface area (Å²) in [5, 5.41) is 9.43. The monoisotopic (exact) mass is 429 g/mol. The minimum atomic E-state index is -0.674. The van der Waals surface area contributed by atoms with Crippen molar-refractivity contribution in [2.75, 3.05) is 7.11 Å². The minimum absolute atomic E-state index is 0.169. The molecule has 1 saturated carbocycles. The molecule has 1 aromatic carbocycles. The smallest absolute Gasteiger partial charge is 0.306 e. The van der Waals surface area contributed by atoms with Crippen molar-refractivity contribution in [3.8, 4) is 17.2 Å². The number of methoxy groups -OCH3 is 1.